The van der Waals surface area contributed by atoms with Gasteiger partial charge in [0.25, 0.3) is 0 Å². The summed E-state index contributed by atoms with van der Waals surface area (Å²) >= 11 is 1.77. The summed E-state index contributed by atoms with van der Waals surface area (Å²) in [4.78, 5) is 0. The van der Waals surface area contributed by atoms with Gasteiger partial charge in [-0.2, -0.15) is 4.57 Å². The molecule has 0 aliphatic rings. The van der Waals surface area contributed by atoms with Crippen LogP contribution in [0.25, 0.3) is 22.4 Å². The molecule has 1 nitrogen and oxygen atoms in total. The first-order valence-corrected chi connectivity index (χ1v) is 8.89. The van der Waals surface area contributed by atoms with Crippen molar-refractivity contribution in [1.29, 1.82) is 0 Å². The van der Waals surface area contributed by atoms with Crippen molar-refractivity contribution in [2.45, 2.75) is 11.6 Å². The van der Waals surface area contributed by atoms with Crippen LogP contribution in [-0.2, 0) is 6.54 Å². The maximum atomic E-state index is 3.92. The first-order chi connectivity index (χ1) is 11.3. The number of pyridine rings is 1. The van der Waals surface area contributed by atoms with Gasteiger partial charge < -0.3 is 0 Å². The molecule has 2 heteroatoms. The van der Waals surface area contributed by atoms with Crippen molar-refractivity contribution in [3.63, 3.8) is 0 Å². The molecule has 0 saturated carbocycles. The average molecular weight is 318 g/mol. The molecule has 1 heterocycles. The SMILES string of the molecule is C=CC[n+]1c(SC)cc(-c2ccccc2)cc1-c1ccccc1. The third kappa shape index (κ3) is 3.38. The predicted octanol–water partition coefficient (Wildman–Crippen LogP) is 5.22. The maximum absolute atomic E-state index is 3.92. The van der Waals surface area contributed by atoms with Crippen LogP contribution in [0.1, 0.15) is 0 Å². The number of allylic oxidation sites excluding steroid dienone is 1. The van der Waals surface area contributed by atoms with Crippen LogP contribution >= 0.6 is 11.8 Å². The molecule has 0 N–H and O–H groups in total. The van der Waals surface area contributed by atoms with Gasteiger partial charge in [-0.1, -0.05) is 66.9 Å². The van der Waals surface area contributed by atoms with Crippen molar-refractivity contribution < 1.29 is 4.57 Å². The van der Waals surface area contributed by atoms with Gasteiger partial charge in [-0.3, -0.25) is 0 Å². The van der Waals surface area contributed by atoms with Gasteiger partial charge >= 0.3 is 0 Å². The van der Waals surface area contributed by atoms with E-state index >= 15 is 0 Å². The fraction of sp³-hybridized carbons (Fsp3) is 0.0952. The first kappa shape index (κ1) is 15.6. The Hall–Kier alpha value is -2.32. The highest BCUT2D eigenvalue weighted by Gasteiger charge is 2.19. The van der Waals surface area contributed by atoms with Crippen molar-refractivity contribution in [3.8, 4) is 22.4 Å². The van der Waals surface area contributed by atoms with Crippen molar-refractivity contribution >= 4 is 11.8 Å². The molecular weight excluding hydrogens is 298 g/mol. The Morgan fingerprint density at radius 3 is 2.04 bits per heavy atom. The van der Waals surface area contributed by atoms with E-state index in [1.807, 2.05) is 6.08 Å². The molecule has 114 valence electrons. The van der Waals surface area contributed by atoms with Crippen molar-refractivity contribution in [1.82, 2.24) is 0 Å². The van der Waals surface area contributed by atoms with E-state index in [1.54, 1.807) is 11.8 Å². The van der Waals surface area contributed by atoms with Gasteiger partial charge in [-0.15, -0.1) is 0 Å². The van der Waals surface area contributed by atoms with E-state index < -0.39 is 0 Å². The Morgan fingerprint density at radius 2 is 1.48 bits per heavy atom. The van der Waals surface area contributed by atoms with Gasteiger partial charge in [0, 0.05) is 17.7 Å². The lowest BCUT2D eigenvalue weighted by atomic mass is 10.0. The Bertz CT molecular complexity index is 795. The summed E-state index contributed by atoms with van der Waals surface area (Å²) in [5.74, 6) is 0. The Balaban J connectivity index is 2.24. The molecule has 0 atom stereocenters. The van der Waals surface area contributed by atoms with E-state index in [1.165, 1.54) is 27.4 Å². The van der Waals surface area contributed by atoms with Gasteiger partial charge in [0.05, 0.1) is 0 Å². The monoisotopic (exact) mass is 318 g/mol. The third-order valence-electron chi connectivity index (χ3n) is 3.83. The minimum absolute atomic E-state index is 0.801. The van der Waals surface area contributed by atoms with Crippen LogP contribution in [-0.4, -0.2) is 6.26 Å². The molecule has 0 radical (unpaired) electrons. The zero-order chi connectivity index (χ0) is 16.1. The Morgan fingerprint density at radius 1 is 0.870 bits per heavy atom. The summed E-state index contributed by atoms with van der Waals surface area (Å²) < 4.78 is 2.32. The van der Waals surface area contributed by atoms with E-state index in [-0.39, 0.29) is 0 Å². The number of hydrogen-bond acceptors (Lipinski definition) is 1. The highest BCUT2D eigenvalue weighted by atomic mass is 32.2. The second kappa shape index (κ2) is 7.30. The standard InChI is InChI=1S/C21H20NS/c1-3-14-22-20(18-12-8-5-9-13-18)15-19(16-21(22)23-2)17-10-6-4-7-11-17/h3-13,15-16H,1,14H2,2H3/q+1. The third-order valence-corrected chi connectivity index (χ3v) is 4.58. The van der Waals surface area contributed by atoms with Crippen LogP contribution in [0.5, 0.6) is 0 Å². The second-order valence-corrected chi connectivity index (χ2v) is 6.13. The molecule has 0 fully saturated rings. The van der Waals surface area contributed by atoms with E-state index in [2.05, 4.69) is 90.2 Å². The first-order valence-electron chi connectivity index (χ1n) is 7.67. The number of nitrogens with zero attached hydrogens (tertiary/aromatic N) is 1. The van der Waals surface area contributed by atoms with Crippen LogP contribution in [0, 0.1) is 0 Å². The topological polar surface area (TPSA) is 3.88 Å². The molecule has 0 saturated heterocycles. The molecule has 1 aromatic heterocycles. The van der Waals surface area contributed by atoms with Gasteiger partial charge in [-0.05, 0) is 35.6 Å². The van der Waals surface area contributed by atoms with E-state index in [9.17, 15) is 0 Å². The molecule has 23 heavy (non-hydrogen) atoms. The molecular formula is C21H20NS+. The number of rotatable bonds is 5. The van der Waals surface area contributed by atoms with Crippen molar-refractivity contribution in [3.05, 3.63) is 85.5 Å². The van der Waals surface area contributed by atoms with E-state index in [0.717, 1.165) is 6.54 Å². The fourth-order valence-electron chi connectivity index (χ4n) is 2.73. The number of aromatic nitrogens is 1. The van der Waals surface area contributed by atoms with Crippen LogP contribution in [0.15, 0.2) is 90.5 Å². The van der Waals surface area contributed by atoms with E-state index in [0.29, 0.717) is 0 Å². The molecule has 0 unspecified atom stereocenters. The Kier molecular flexibility index (Phi) is 4.94. The van der Waals surface area contributed by atoms with Crippen molar-refractivity contribution in [2.24, 2.45) is 0 Å². The summed E-state index contributed by atoms with van der Waals surface area (Å²) in [6.45, 7) is 4.72. The van der Waals surface area contributed by atoms with Crippen LogP contribution in [0.4, 0.5) is 0 Å². The van der Waals surface area contributed by atoms with E-state index in [4.69, 9.17) is 0 Å². The fourth-order valence-corrected chi connectivity index (χ4v) is 3.37. The van der Waals surface area contributed by atoms with Crippen LogP contribution < -0.4 is 4.57 Å². The molecule has 0 amide bonds. The smallest absolute Gasteiger partial charge is 0.182 e. The minimum atomic E-state index is 0.801. The highest BCUT2D eigenvalue weighted by molar-refractivity contribution is 7.98. The van der Waals surface area contributed by atoms with Crippen molar-refractivity contribution in [2.75, 3.05) is 6.26 Å². The quantitative estimate of drug-likeness (QED) is 0.354. The minimum Gasteiger partial charge on any atom is -0.182 e. The lowest BCUT2D eigenvalue weighted by molar-refractivity contribution is -0.712. The zero-order valence-electron chi connectivity index (χ0n) is 13.3. The molecule has 0 aliphatic heterocycles. The average Bonchev–Trinajstić information content (AvgIpc) is 2.63. The molecule has 3 aromatic rings. The lowest BCUT2D eigenvalue weighted by Gasteiger charge is -2.10. The molecule has 0 spiro atoms. The largest absolute Gasteiger partial charge is 0.241 e. The summed E-state index contributed by atoms with van der Waals surface area (Å²) in [6, 6.07) is 25.6. The van der Waals surface area contributed by atoms with Gasteiger partial charge in [0.2, 0.25) is 10.7 Å². The van der Waals surface area contributed by atoms with Gasteiger partial charge in [0.1, 0.15) is 0 Å². The molecule has 2 aromatic carbocycles. The molecule has 0 aliphatic carbocycles. The molecule has 3 rings (SSSR count). The number of benzene rings is 2. The molecule has 0 bridgehead atoms. The maximum Gasteiger partial charge on any atom is 0.241 e. The van der Waals surface area contributed by atoms with Crippen LogP contribution in [0.3, 0.4) is 0 Å². The second-order valence-electron chi connectivity index (χ2n) is 5.30. The zero-order valence-corrected chi connectivity index (χ0v) is 14.1. The lowest BCUT2D eigenvalue weighted by Crippen LogP contribution is -2.38. The summed E-state index contributed by atoms with van der Waals surface area (Å²) in [7, 11) is 0. The number of hydrogen-bond donors (Lipinski definition) is 0. The van der Waals surface area contributed by atoms with Gasteiger partial charge in [0.15, 0.2) is 6.54 Å². The summed E-state index contributed by atoms with van der Waals surface area (Å²) in [5, 5.41) is 1.24. The Labute approximate surface area is 142 Å². The number of thioether (sulfide) groups is 1. The highest BCUT2D eigenvalue weighted by Crippen LogP contribution is 2.27. The van der Waals surface area contributed by atoms with Gasteiger partial charge in [-0.25, -0.2) is 0 Å². The predicted molar refractivity (Wildman–Crippen MR) is 99.5 cm³/mol. The summed E-state index contributed by atoms with van der Waals surface area (Å²) in [5.41, 5.74) is 4.93. The van der Waals surface area contributed by atoms with Crippen LogP contribution in [0.2, 0.25) is 0 Å². The normalized spacial score (nSPS) is 10.5. The summed E-state index contributed by atoms with van der Waals surface area (Å²) in [6.07, 6.45) is 4.08.